The molecule has 1 aromatic heterocycles. The van der Waals surface area contributed by atoms with Gasteiger partial charge in [-0.3, -0.25) is 4.79 Å². The minimum atomic E-state index is -0.0682. The number of amides is 1. The molecule has 1 N–H and O–H groups in total. The van der Waals surface area contributed by atoms with Gasteiger partial charge in [-0.25, -0.2) is 9.97 Å². The molecular formula is C14H22N4O2. The molecule has 1 fully saturated rings. The van der Waals surface area contributed by atoms with Gasteiger partial charge in [0.1, 0.15) is 11.5 Å². The average molecular weight is 278 g/mol. The van der Waals surface area contributed by atoms with E-state index in [0.29, 0.717) is 31.2 Å². The maximum absolute atomic E-state index is 12.3. The van der Waals surface area contributed by atoms with Crippen LogP contribution >= 0.6 is 0 Å². The third-order valence-corrected chi connectivity index (χ3v) is 3.31. The Morgan fingerprint density at radius 3 is 2.95 bits per heavy atom. The minimum Gasteiger partial charge on any atom is -0.375 e. The van der Waals surface area contributed by atoms with Crippen LogP contribution in [0.4, 0.5) is 5.82 Å². The fourth-order valence-corrected chi connectivity index (χ4v) is 2.10. The maximum Gasteiger partial charge on any atom is 0.274 e. The second kappa shape index (κ2) is 7.19. The summed E-state index contributed by atoms with van der Waals surface area (Å²) in [5.74, 6) is 0.637. The summed E-state index contributed by atoms with van der Waals surface area (Å²) in [6.45, 7) is 6.84. The van der Waals surface area contributed by atoms with E-state index in [4.69, 9.17) is 4.74 Å². The average Bonchev–Trinajstić information content (AvgIpc) is 2.52. The fourth-order valence-electron chi connectivity index (χ4n) is 2.10. The van der Waals surface area contributed by atoms with E-state index in [0.717, 1.165) is 19.4 Å². The van der Waals surface area contributed by atoms with Crippen LogP contribution in [0.1, 0.15) is 37.2 Å². The number of ether oxygens (including phenoxy) is 1. The van der Waals surface area contributed by atoms with Crippen molar-refractivity contribution in [1.82, 2.24) is 14.9 Å². The molecule has 1 amide bonds. The van der Waals surface area contributed by atoms with Gasteiger partial charge in [0.25, 0.3) is 5.91 Å². The van der Waals surface area contributed by atoms with Gasteiger partial charge >= 0.3 is 0 Å². The van der Waals surface area contributed by atoms with Crippen molar-refractivity contribution in [3.63, 3.8) is 0 Å². The summed E-state index contributed by atoms with van der Waals surface area (Å²) in [4.78, 5) is 22.5. The quantitative estimate of drug-likeness (QED) is 0.885. The molecule has 110 valence electrons. The summed E-state index contributed by atoms with van der Waals surface area (Å²) >= 11 is 0. The first-order valence-electron chi connectivity index (χ1n) is 7.21. The number of rotatable bonds is 5. The monoisotopic (exact) mass is 278 g/mol. The Bertz CT molecular complexity index is 435. The van der Waals surface area contributed by atoms with Crippen LogP contribution < -0.4 is 5.32 Å². The van der Waals surface area contributed by atoms with Crippen LogP contribution in [-0.4, -0.2) is 53.1 Å². The first kappa shape index (κ1) is 14.7. The van der Waals surface area contributed by atoms with Gasteiger partial charge in [0, 0.05) is 19.6 Å². The molecule has 1 saturated heterocycles. The molecule has 0 radical (unpaired) electrons. The summed E-state index contributed by atoms with van der Waals surface area (Å²) in [5, 5.41) is 3.14. The van der Waals surface area contributed by atoms with Crippen molar-refractivity contribution in [2.75, 3.05) is 31.6 Å². The van der Waals surface area contributed by atoms with Crippen molar-refractivity contribution in [1.29, 1.82) is 0 Å². The molecule has 0 bridgehead atoms. The van der Waals surface area contributed by atoms with Crippen LogP contribution in [0.15, 0.2) is 12.4 Å². The van der Waals surface area contributed by atoms with E-state index in [1.165, 1.54) is 6.20 Å². The molecule has 1 unspecified atom stereocenters. The number of aromatic nitrogens is 2. The van der Waals surface area contributed by atoms with Gasteiger partial charge in [-0.1, -0.05) is 13.8 Å². The van der Waals surface area contributed by atoms with E-state index in [1.807, 2.05) is 0 Å². The molecule has 1 atom stereocenters. The number of carbonyl (C=O) groups is 1. The predicted octanol–water partition coefficient (Wildman–Crippen LogP) is 1.55. The van der Waals surface area contributed by atoms with Gasteiger partial charge in [0.15, 0.2) is 0 Å². The predicted molar refractivity (Wildman–Crippen MR) is 76.7 cm³/mol. The van der Waals surface area contributed by atoms with Crippen molar-refractivity contribution in [3.8, 4) is 0 Å². The molecule has 0 saturated carbocycles. The molecule has 6 heteroatoms. The van der Waals surface area contributed by atoms with Gasteiger partial charge in [0.2, 0.25) is 0 Å². The standard InChI is InChI=1S/C14H22N4O2/c1-3-5-15-13-9-16-12(8-17-13)14(19)18-6-7-20-11(4-2)10-18/h8-9,11H,3-7,10H2,1-2H3,(H,15,17). The van der Waals surface area contributed by atoms with Gasteiger partial charge in [0.05, 0.1) is 25.1 Å². The van der Waals surface area contributed by atoms with E-state index in [1.54, 1.807) is 11.1 Å². The maximum atomic E-state index is 12.3. The molecule has 0 spiro atoms. The summed E-state index contributed by atoms with van der Waals surface area (Å²) in [6.07, 6.45) is 5.22. The normalized spacial score (nSPS) is 18.9. The Labute approximate surface area is 119 Å². The second-order valence-electron chi connectivity index (χ2n) is 4.87. The van der Waals surface area contributed by atoms with Gasteiger partial charge in [-0.15, -0.1) is 0 Å². The first-order chi connectivity index (χ1) is 9.74. The lowest BCUT2D eigenvalue weighted by Gasteiger charge is -2.32. The molecule has 0 aromatic carbocycles. The van der Waals surface area contributed by atoms with Crippen LogP contribution in [0.25, 0.3) is 0 Å². The molecule has 2 heterocycles. The fraction of sp³-hybridized carbons (Fsp3) is 0.643. The zero-order chi connectivity index (χ0) is 14.4. The smallest absolute Gasteiger partial charge is 0.274 e. The van der Waals surface area contributed by atoms with Crippen molar-refractivity contribution in [3.05, 3.63) is 18.1 Å². The topological polar surface area (TPSA) is 67.4 Å². The van der Waals surface area contributed by atoms with Gasteiger partial charge < -0.3 is 15.0 Å². The van der Waals surface area contributed by atoms with Crippen LogP contribution in [-0.2, 0) is 4.74 Å². The van der Waals surface area contributed by atoms with E-state index < -0.39 is 0 Å². The number of anilines is 1. The van der Waals surface area contributed by atoms with E-state index >= 15 is 0 Å². The number of hydrogen-bond acceptors (Lipinski definition) is 5. The highest BCUT2D eigenvalue weighted by atomic mass is 16.5. The molecule has 1 aliphatic rings. The molecule has 1 aromatic rings. The summed E-state index contributed by atoms with van der Waals surface area (Å²) in [5.41, 5.74) is 0.392. The van der Waals surface area contributed by atoms with Crippen molar-refractivity contribution < 1.29 is 9.53 Å². The zero-order valence-corrected chi connectivity index (χ0v) is 12.1. The van der Waals surface area contributed by atoms with Crippen molar-refractivity contribution in [2.24, 2.45) is 0 Å². The Morgan fingerprint density at radius 2 is 2.30 bits per heavy atom. The van der Waals surface area contributed by atoms with E-state index in [2.05, 4.69) is 29.1 Å². The molecule has 20 heavy (non-hydrogen) atoms. The highest BCUT2D eigenvalue weighted by Gasteiger charge is 2.24. The van der Waals surface area contributed by atoms with Crippen molar-refractivity contribution in [2.45, 2.75) is 32.8 Å². The zero-order valence-electron chi connectivity index (χ0n) is 12.1. The molecule has 2 rings (SSSR count). The highest BCUT2D eigenvalue weighted by molar-refractivity contribution is 5.92. The summed E-state index contributed by atoms with van der Waals surface area (Å²) < 4.78 is 5.57. The van der Waals surface area contributed by atoms with Crippen LogP contribution in [0, 0.1) is 0 Å². The highest BCUT2D eigenvalue weighted by Crippen LogP contribution is 2.11. The van der Waals surface area contributed by atoms with Crippen LogP contribution in [0.3, 0.4) is 0 Å². The summed E-state index contributed by atoms with van der Waals surface area (Å²) in [6, 6.07) is 0. The lowest BCUT2D eigenvalue weighted by Crippen LogP contribution is -2.45. The van der Waals surface area contributed by atoms with Gasteiger partial charge in [-0.05, 0) is 12.8 Å². The van der Waals surface area contributed by atoms with E-state index in [-0.39, 0.29) is 12.0 Å². The largest absolute Gasteiger partial charge is 0.375 e. The molecule has 6 nitrogen and oxygen atoms in total. The second-order valence-corrected chi connectivity index (χ2v) is 4.87. The van der Waals surface area contributed by atoms with Crippen LogP contribution in [0.2, 0.25) is 0 Å². The number of carbonyl (C=O) groups excluding carboxylic acids is 1. The lowest BCUT2D eigenvalue weighted by molar-refractivity contribution is -0.0228. The molecule has 1 aliphatic heterocycles. The molecular weight excluding hydrogens is 256 g/mol. The van der Waals surface area contributed by atoms with Crippen LogP contribution in [0.5, 0.6) is 0 Å². The Balaban J connectivity index is 1.98. The molecule has 0 aliphatic carbocycles. The first-order valence-corrected chi connectivity index (χ1v) is 7.21. The number of nitrogens with zero attached hydrogens (tertiary/aromatic N) is 3. The Morgan fingerprint density at radius 1 is 1.45 bits per heavy atom. The third-order valence-electron chi connectivity index (χ3n) is 3.31. The minimum absolute atomic E-state index is 0.0682. The van der Waals surface area contributed by atoms with E-state index in [9.17, 15) is 4.79 Å². The Kier molecular flexibility index (Phi) is 5.29. The summed E-state index contributed by atoms with van der Waals surface area (Å²) in [7, 11) is 0. The lowest BCUT2D eigenvalue weighted by atomic mass is 10.2. The number of nitrogens with one attached hydrogen (secondary N) is 1. The SMILES string of the molecule is CCCNc1cnc(C(=O)N2CCOC(CC)C2)cn1. The third kappa shape index (κ3) is 3.66. The Hall–Kier alpha value is -1.69. The van der Waals surface area contributed by atoms with Gasteiger partial charge in [-0.2, -0.15) is 0 Å². The number of hydrogen-bond donors (Lipinski definition) is 1. The van der Waals surface area contributed by atoms with Crippen molar-refractivity contribution >= 4 is 11.7 Å². The number of morpholine rings is 1.